The zero-order valence-corrected chi connectivity index (χ0v) is 25.1. The number of aliphatic carboxylic acids is 1. The van der Waals surface area contributed by atoms with Gasteiger partial charge >= 0.3 is 12.0 Å². The molecule has 12 nitrogen and oxygen atoms in total. The molecule has 4 rings (SSSR count). The quantitative estimate of drug-likeness (QED) is 0.379. The molecule has 2 aromatic rings. The fraction of sp³-hybridized carbons (Fsp3) is 0.533. The van der Waals surface area contributed by atoms with Gasteiger partial charge in [0.05, 0.1) is 11.9 Å². The summed E-state index contributed by atoms with van der Waals surface area (Å²) in [6.07, 6.45) is 5.84. The standard InChI is InChI=1S/C30H41N7O5/c1-6-35(7-2)28-31-19-24(36(8-3)20(4)38)25(33-28)32-23(26(39)40)18-21-12-14-22(15-13-21)37-27(41)30(34(5)29(37)42)16-10-9-11-17-30/h12-15,19,23H,6-11,16-18H2,1-5H3,(H,39,40)(H,31,32,33)/t23-/m0/s1. The molecule has 4 amide bonds. The minimum atomic E-state index is -1.09. The molecule has 1 aromatic heterocycles. The van der Waals surface area contributed by atoms with E-state index in [4.69, 9.17) is 0 Å². The van der Waals surface area contributed by atoms with Crippen LogP contribution < -0.4 is 20.0 Å². The van der Waals surface area contributed by atoms with Crippen LogP contribution in [-0.2, 0) is 20.8 Å². The Hall–Kier alpha value is -4.22. The molecule has 1 saturated carbocycles. The Labute approximate surface area is 246 Å². The summed E-state index contributed by atoms with van der Waals surface area (Å²) in [5.41, 5.74) is 0.772. The second-order valence-corrected chi connectivity index (χ2v) is 10.8. The Morgan fingerprint density at radius 2 is 1.69 bits per heavy atom. The molecule has 2 N–H and O–H groups in total. The number of urea groups is 1. The maximum atomic E-state index is 13.5. The maximum Gasteiger partial charge on any atom is 0.332 e. The number of rotatable bonds is 11. The normalized spacial score (nSPS) is 17.0. The van der Waals surface area contributed by atoms with E-state index >= 15 is 0 Å². The fourth-order valence-electron chi connectivity index (χ4n) is 5.96. The first-order valence-electron chi connectivity index (χ1n) is 14.7. The van der Waals surface area contributed by atoms with Crippen molar-refractivity contribution in [2.45, 2.75) is 77.8 Å². The van der Waals surface area contributed by atoms with Crippen LogP contribution in [0.4, 0.5) is 27.9 Å². The number of carboxylic acids is 1. The van der Waals surface area contributed by atoms with Gasteiger partial charge in [0.25, 0.3) is 5.91 Å². The molecule has 1 aliphatic carbocycles. The third-order valence-electron chi connectivity index (χ3n) is 8.44. The molecular weight excluding hydrogens is 538 g/mol. The van der Waals surface area contributed by atoms with E-state index in [1.807, 2.05) is 25.7 Å². The van der Waals surface area contributed by atoms with Gasteiger partial charge in [0.2, 0.25) is 11.9 Å². The summed E-state index contributed by atoms with van der Waals surface area (Å²) in [5.74, 6) is -0.820. The number of nitrogens with zero attached hydrogens (tertiary/aromatic N) is 6. The van der Waals surface area contributed by atoms with Crippen LogP contribution in [0.1, 0.15) is 65.4 Å². The highest BCUT2D eigenvalue weighted by molar-refractivity contribution is 6.23. The Bertz CT molecular complexity index is 1320. The van der Waals surface area contributed by atoms with Gasteiger partial charge in [-0.3, -0.25) is 9.59 Å². The zero-order valence-electron chi connectivity index (χ0n) is 25.1. The zero-order chi connectivity index (χ0) is 30.6. The number of carbonyl (C=O) groups is 4. The molecule has 2 fully saturated rings. The van der Waals surface area contributed by atoms with Gasteiger partial charge in [0.15, 0.2) is 5.82 Å². The van der Waals surface area contributed by atoms with Crippen molar-refractivity contribution in [3.8, 4) is 0 Å². The number of imide groups is 1. The topological polar surface area (TPSA) is 139 Å². The maximum absolute atomic E-state index is 13.5. The van der Waals surface area contributed by atoms with Crippen LogP contribution in [0.5, 0.6) is 0 Å². The van der Waals surface area contributed by atoms with E-state index in [9.17, 15) is 24.3 Å². The van der Waals surface area contributed by atoms with Crippen molar-refractivity contribution in [1.82, 2.24) is 14.9 Å². The molecule has 0 bridgehead atoms. The van der Waals surface area contributed by atoms with Crippen LogP contribution in [-0.4, -0.2) is 82.1 Å². The Kier molecular flexibility index (Phi) is 9.33. The number of amides is 4. The molecule has 1 aromatic carbocycles. The minimum absolute atomic E-state index is 0.0948. The number of hydrogen-bond donors (Lipinski definition) is 2. The van der Waals surface area contributed by atoms with E-state index < -0.39 is 17.6 Å². The van der Waals surface area contributed by atoms with Crippen LogP contribution in [0.3, 0.4) is 0 Å². The van der Waals surface area contributed by atoms with Crippen molar-refractivity contribution in [3.05, 3.63) is 36.0 Å². The van der Waals surface area contributed by atoms with Crippen LogP contribution in [0.15, 0.2) is 30.5 Å². The van der Waals surface area contributed by atoms with Crippen molar-refractivity contribution in [2.75, 3.05) is 46.7 Å². The van der Waals surface area contributed by atoms with Gasteiger partial charge in [-0.05, 0) is 51.3 Å². The second kappa shape index (κ2) is 12.7. The number of carboxylic acid groups (broad SMARTS) is 1. The third kappa shape index (κ3) is 5.75. The molecule has 0 unspecified atom stereocenters. The first-order valence-corrected chi connectivity index (χ1v) is 14.7. The molecule has 12 heteroatoms. The molecule has 1 atom stereocenters. The van der Waals surface area contributed by atoms with Gasteiger partial charge in [-0.15, -0.1) is 0 Å². The highest BCUT2D eigenvalue weighted by Gasteiger charge is 2.56. The summed E-state index contributed by atoms with van der Waals surface area (Å²) in [4.78, 5) is 66.6. The average Bonchev–Trinajstić information content (AvgIpc) is 3.15. The van der Waals surface area contributed by atoms with E-state index in [1.54, 1.807) is 42.4 Å². The number of hydrogen-bond acceptors (Lipinski definition) is 8. The number of anilines is 4. The predicted molar refractivity (Wildman–Crippen MR) is 161 cm³/mol. The Morgan fingerprint density at radius 1 is 1.05 bits per heavy atom. The molecular formula is C30H41N7O5. The molecule has 1 saturated heterocycles. The second-order valence-electron chi connectivity index (χ2n) is 10.8. The lowest BCUT2D eigenvalue weighted by atomic mass is 9.80. The van der Waals surface area contributed by atoms with Gasteiger partial charge in [0, 0.05) is 40.0 Å². The molecule has 0 radical (unpaired) electrons. The van der Waals surface area contributed by atoms with Crippen LogP contribution in [0, 0.1) is 0 Å². The lowest BCUT2D eigenvalue weighted by molar-refractivity contribution is -0.138. The van der Waals surface area contributed by atoms with E-state index in [2.05, 4.69) is 15.3 Å². The van der Waals surface area contributed by atoms with Gasteiger partial charge in [0.1, 0.15) is 17.3 Å². The van der Waals surface area contributed by atoms with E-state index in [-0.39, 0.29) is 30.1 Å². The van der Waals surface area contributed by atoms with E-state index in [0.29, 0.717) is 55.4 Å². The Morgan fingerprint density at radius 3 is 2.24 bits per heavy atom. The van der Waals surface area contributed by atoms with Crippen molar-refractivity contribution < 1.29 is 24.3 Å². The third-order valence-corrected chi connectivity index (χ3v) is 8.44. The van der Waals surface area contributed by atoms with Crippen LogP contribution in [0.2, 0.25) is 0 Å². The monoisotopic (exact) mass is 579 g/mol. The molecule has 42 heavy (non-hydrogen) atoms. The van der Waals surface area contributed by atoms with Gasteiger partial charge in [-0.25, -0.2) is 19.5 Å². The predicted octanol–water partition coefficient (Wildman–Crippen LogP) is 3.90. The average molecular weight is 580 g/mol. The van der Waals surface area contributed by atoms with Crippen molar-refractivity contribution in [1.29, 1.82) is 0 Å². The number of nitrogens with one attached hydrogen (secondary N) is 1. The van der Waals surface area contributed by atoms with Crippen LogP contribution in [0.25, 0.3) is 0 Å². The molecule has 2 heterocycles. The highest BCUT2D eigenvalue weighted by atomic mass is 16.4. The summed E-state index contributed by atoms with van der Waals surface area (Å²) in [7, 11) is 1.70. The van der Waals surface area contributed by atoms with Crippen molar-refractivity contribution in [2.24, 2.45) is 0 Å². The van der Waals surface area contributed by atoms with Gasteiger partial charge in [-0.1, -0.05) is 31.4 Å². The molecule has 1 spiro atoms. The number of aromatic nitrogens is 2. The Balaban J connectivity index is 1.58. The summed E-state index contributed by atoms with van der Waals surface area (Å²) >= 11 is 0. The number of likely N-dealkylation sites (N-methyl/N-ethyl adjacent to an activating group) is 1. The SMILES string of the molecule is CCN(CC)c1ncc(N(CC)C(C)=O)c(N[C@@H](Cc2ccc(N3C(=O)N(C)C4(CCCCC4)C3=O)cc2)C(=O)O)n1. The lowest BCUT2D eigenvalue weighted by Crippen LogP contribution is -2.49. The summed E-state index contributed by atoms with van der Waals surface area (Å²) in [6, 6.07) is 5.41. The first kappa shape index (κ1) is 30.7. The summed E-state index contributed by atoms with van der Waals surface area (Å²) in [6.45, 7) is 8.89. The molecule has 2 aliphatic rings. The summed E-state index contributed by atoms with van der Waals surface area (Å²) in [5, 5.41) is 13.2. The highest BCUT2D eigenvalue weighted by Crippen LogP contribution is 2.41. The van der Waals surface area contributed by atoms with E-state index in [1.165, 1.54) is 16.7 Å². The molecule has 226 valence electrons. The largest absolute Gasteiger partial charge is 0.480 e. The minimum Gasteiger partial charge on any atom is -0.480 e. The first-order chi connectivity index (χ1) is 20.1. The molecule has 1 aliphatic heterocycles. The lowest BCUT2D eigenvalue weighted by Gasteiger charge is -2.35. The van der Waals surface area contributed by atoms with E-state index in [0.717, 1.165) is 19.3 Å². The van der Waals surface area contributed by atoms with Gasteiger partial charge < -0.3 is 25.1 Å². The number of carbonyl (C=O) groups excluding carboxylic acids is 3. The summed E-state index contributed by atoms with van der Waals surface area (Å²) < 4.78 is 0. The van der Waals surface area contributed by atoms with Crippen molar-refractivity contribution in [3.63, 3.8) is 0 Å². The van der Waals surface area contributed by atoms with Gasteiger partial charge in [-0.2, -0.15) is 4.98 Å². The fourth-order valence-corrected chi connectivity index (χ4v) is 5.96. The number of benzene rings is 1. The van der Waals surface area contributed by atoms with Crippen molar-refractivity contribution >= 4 is 47.0 Å². The van der Waals surface area contributed by atoms with Crippen LogP contribution >= 0.6 is 0 Å². The smallest absolute Gasteiger partial charge is 0.332 e.